The third-order valence-electron chi connectivity index (χ3n) is 6.20. The zero-order valence-electron chi connectivity index (χ0n) is 17.2. The van der Waals surface area contributed by atoms with E-state index in [1.165, 1.54) is 4.68 Å². The summed E-state index contributed by atoms with van der Waals surface area (Å²) in [4.78, 5) is 28.4. The van der Waals surface area contributed by atoms with Gasteiger partial charge < -0.3 is 4.90 Å². The predicted molar refractivity (Wildman–Crippen MR) is 123 cm³/mol. The second-order valence-corrected chi connectivity index (χ2v) is 8.78. The smallest absolute Gasteiger partial charge is 0.293 e. The molecule has 0 unspecified atom stereocenters. The minimum atomic E-state index is -0.331. The number of aromatic nitrogens is 4. The Morgan fingerprint density at radius 3 is 2.78 bits per heavy atom. The van der Waals surface area contributed by atoms with Crippen LogP contribution in [0.4, 0.5) is 5.69 Å². The normalized spacial score (nSPS) is 15.3. The Labute approximate surface area is 188 Å². The molecule has 2 aromatic carbocycles. The van der Waals surface area contributed by atoms with Crippen molar-refractivity contribution in [2.24, 2.45) is 0 Å². The van der Waals surface area contributed by atoms with E-state index >= 15 is 0 Å². The second kappa shape index (κ2) is 7.31. The van der Waals surface area contributed by atoms with Crippen molar-refractivity contribution in [3.8, 4) is 5.69 Å². The van der Waals surface area contributed by atoms with Gasteiger partial charge in [-0.25, -0.2) is 9.36 Å². The third-order valence-corrected chi connectivity index (χ3v) is 6.44. The van der Waals surface area contributed by atoms with Crippen molar-refractivity contribution in [1.29, 1.82) is 0 Å². The van der Waals surface area contributed by atoms with E-state index < -0.39 is 0 Å². The first kappa shape index (κ1) is 19.3. The molecule has 32 heavy (non-hydrogen) atoms. The Bertz CT molecular complexity index is 1440. The molecule has 1 aliphatic carbocycles. The van der Waals surface area contributed by atoms with Crippen LogP contribution >= 0.6 is 11.6 Å². The van der Waals surface area contributed by atoms with Gasteiger partial charge in [0.1, 0.15) is 12.1 Å². The molecule has 7 nitrogen and oxygen atoms in total. The van der Waals surface area contributed by atoms with Crippen molar-refractivity contribution in [1.82, 2.24) is 19.6 Å². The van der Waals surface area contributed by atoms with Crippen LogP contribution in [0.3, 0.4) is 0 Å². The van der Waals surface area contributed by atoms with Gasteiger partial charge >= 0.3 is 0 Å². The van der Waals surface area contributed by atoms with Crippen molar-refractivity contribution in [3.05, 3.63) is 81.4 Å². The van der Waals surface area contributed by atoms with Crippen molar-refractivity contribution < 1.29 is 4.79 Å². The van der Waals surface area contributed by atoms with Crippen molar-refractivity contribution in [3.63, 3.8) is 0 Å². The van der Waals surface area contributed by atoms with Gasteiger partial charge in [-0.1, -0.05) is 35.9 Å². The van der Waals surface area contributed by atoms with Crippen molar-refractivity contribution >= 4 is 34.1 Å². The summed E-state index contributed by atoms with van der Waals surface area (Å²) in [5.41, 5.74) is 3.69. The summed E-state index contributed by atoms with van der Waals surface area (Å²) in [5, 5.41) is 10.4. The van der Waals surface area contributed by atoms with Gasteiger partial charge in [-0.2, -0.15) is 10.2 Å². The first-order valence-corrected chi connectivity index (χ1v) is 11.1. The average Bonchev–Trinajstić information content (AvgIpc) is 3.38. The Balaban J connectivity index is 1.45. The van der Waals surface area contributed by atoms with Gasteiger partial charge in [-0.3, -0.25) is 9.59 Å². The fraction of sp³-hybridized carbons (Fsp3) is 0.250. The maximum absolute atomic E-state index is 13.5. The Kier molecular flexibility index (Phi) is 4.40. The highest BCUT2D eigenvalue weighted by Gasteiger charge is 2.31. The molecule has 4 aromatic rings. The molecule has 0 bridgehead atoms. The first-order valence-electron chi connectivity index (χ1n) is 10.7. The minimum Gasteiger partial charge on any atom is -0.310 e. The standard InChI is InChI=1S/C24H20ClN5O2/c25-17-5-3-6-18(12-17)30-23-19(13-26-30)22(16-8-9-16)27-29(24(23)32)14-21(31)28-11-10-15-4-1-2-7-20(15)28/h1-7,12-13,16H,8-11,14H2. The Morgan fingerprint density at radius 2 is 1.97 bits per heavy atom. The van der Waals surface area contributed by atoms with Gasteiger partial charge in [0.05, 0.1) is 17.6 Å². The molecule has 1 aliphatic heterocycles. The molecule has 0 radical (unpaired) electrons. The van der Waals surface area contributed by atoms with E-state index in [1.54, 1.807) is 27.9 Å². The van der Waals surface area contributed by atoms with Gasteiger partial charge in [0, 0.05) is 28.6 Å². The molecule has 2 aromatic heterocycles. The monoisotopic (exact) mass is 445 g/mol. The number of carbonyl (C=O) groups is 1. The van der Waals surface area contributed by atoms with E-state index in [0.29, 0.717) is 28.7 Å². The topological polar surface area (TPSA) is 73.0 Å². The lowest BCUT2D eigenvalue weighted by atomic mass is 10.2. The van der Waals surface area contributed by atoms with E-state index in [1.807, 2.05) is 36.4 Å². The van der Waals surface area contributed by atoms with Crippen molar-refractivity contribution in [2.75, 3.05) is 11.4 Å². The molecule has 0 N–H and O–H groups in total. The lowest BCUT2D eigenvalue weighted by molar-refractivity contribution is -0.119. The number of benzene rings is 2. The summed E-state index contributed by atoms with van der Waals surface area (Å²) >= 11 is 6.17. The number of amides is 1. The molecule has 1 amide bonds. The van der Waals surface area contributed by atoms with Crippen LogP contribution in [0.1, 0.15) is 30.0 Å². The number of carbonyl (C=O) groups excluding carboxylic acids is 1. The first-order chi connectivity index (χ1) is 15.6. The van der Waals surface area contributed by atoms with Gasteiger partial charge in [0.15, 0.2) is 0 Å². The van der Waals surface area contributed by atoms with Crippen LogP contribution in [-0.2, 0) is 17.8 Å². The molecule has 0 saturated heterocycles. The van der Waals surface area contributed by atoms with Crippen LogP contribution in [0.5, 0.6) is 0 Å². The Morgan fingerprint density at radius 1 is 1.12 bits per heavy atom. The van der Waals surface area contributed by atoms with Gasteiger partial charge in [-0.05, 0) is 49.1 Å². The summed E-state index contributed by atoms with van der Waals surface area (Å²) in [5.74, 6) is 0.156. The number of halogens is 1. The molecule has 0 spiro atoms. The summed E-state index contributed by atoms with van der Waals surface area (Å²) in [6, 6.07) is 15.1. The molecule has 2 aliphatic rings. The van der Waals surface area contributed by atoms with Gasteiger partial charge in [0.25, 0.3) is 5.56 Å². The summed E-state index contributed by atoms with van der Waals surface area (Å²) in [7, 11) is 0. The SMILES string of the molecule is O=C(Cn1nc(C2CC2)c2cnn(-c3cccc(Cl)c3)c2c1=O)N1CCc2ccccc21. The quantitative estimate of drug-likeness (QED) is 0.480. The molecule has 1 fully saturated rings. The highest BCUT2D eigenvalue weighted by molar-refractivity contribution is 6.30. The number of hydrogen-bond donors (Lipinski definition) is 0. The maximum atomic E-state index is 13.5. The number of anilines is 1. The molecule has 160 valence electrons. The van der Waals surface area contributed by atoms with Gasteiger partial charge in [0.2, 0.25) is 5.91 Å². The predicted octanol–water partition coefficient (Wildman–Crippen LogP) is 3.70. The van der Waals surface area contributed by atoms with E-state index in [2.05, 4.69) is 10.2 Å². The zero-order valence-corrected chi connectivity index (χ0v) is 18.0. The molecular weight excluding hydrogens is 426 g/mol. The highest BCUT2D eigenvalue weighted by Crippen LogP contribution is 2.41. The number of fused-ring (bicyclic) bond motifs is 2. The summed E-state index contributed by atoms with van der Waals surface area (Å²) in [6.45, 7) is 0.509. The molecule has 0 atom stereocenters. The van der Waals surface area contributed by atoms with Crippen LogP contribution in [0.15, 0.2) is 59.5 Å². The van der Waals surface area contributed by atoms with E-state index in [0.717, 1.165) is 41.6 Å². The molecule has 1 saturated carbocycles. The van der Waals surface area contributed by atoms with Crippen LogP contribution in [0.25, 0.3) is 16.6 Å². The zero-order chi connectivity index (χ0) is 21.8. The Hall–Kier alpha value is -3.45. The number of hydrogen-bond acceptors (Lipinski definition) is 4. The van der Waals surface area contributed by atoms with Crippen molar-refractivity contribution in [2.45, 2.75) is 31.7 Å². The largest absolute Gasteiger partial charge is 0.310 e. The summed E-state index contributed by atoms with van der Waals surface area (Å²) in [6.07, 6.45) is 4.56. The van der Waals surface area contributed by atoms with E-state index in [9.17, 15) is 9.59 Å². The van der Waals surface area contributed by atoms with Crippen LogP contribution < -0.4 is 10.5 Å². The second-order valence-electron chi connectivity index (χ2n) is 8.34. The average molecular weight is 446 g/mol. The fourth-order valence-corrected chi connectivity index (χ4v) is 4.66. The maximum Gasteiger partial charge on any atom is 0.293 e. The van der Waals surface area contributed by atoms with E-state index in [-0.39, 0.29) is 18.0 Å². The number of nitrogens with zero attached hydrogens (tertiary/aromatic N) is 5. The number of para-hydroxylation sites is 1. The minimum absolute atomic E-state index is 0.108. The molecule has 6 rings (SSSR count). The molecular formula is C24H20ClN5O2. The van der Waals surface area contributed by atoms with Crippen LogP contribution in [0.2, 0.25) is 5.02 Å². The molecule has 8 heteroatoms. The number of rotatable bonds is 4. The summed E-state index contributed by atoms with van der Waals surface area (Å²) < 4.78 is 2.91. The van der Waals surface area contributed by atoms with Crippen LogP contribution in [0, 0.1) is 0 Å². The van der Waals surface area contributed by atoms with Crippen LogP contribution in [-0.4, -0.2) is 32.0 Å². The lowest BCUT2D eigenvalue weighted by Gasteiger charge is -2.18. The fourth-order valence-electron chi connectivity index (χ4n) is 4.47. The highest BCUT2D eigenvalue weighted by atomic mass is 35.5. The third kappa shape index (κ3) is 3.12. The molecule has 3 heterocycles. The van der Waals surface area contributed by atoms with E-state index in [4.69, 9.17) is 11.6 Å². The lowest BCUT2D eigenvalue weighted by Crippen LogP contribution is -2.37. The van der Waals surface area contributed by atoms with Gasteiger partial charge in [-0.15, -0.1) is 0 Å².